The largest absolute Gasteiger partial charge is 0.456 e. The molecule has 1 aliphatic carbocycles. The number of carbonyl (C=O) groups excluding carboxylic acids is 4. The first-order valence-corrected chi connectivity index (χ1v) is 21.2. The van der Waals surface area contributed by atoms with Gasteiger partial charge in [0, 0.05) is 46.1 Å². The third-order valence-electron chi connectivity index (χ3n) is 12.8. The fourth-order valence-electron chi connectivity index (χ4n) is 9.39. The number of piperidine rings is 1. The van der Waals surface area contributed by atoms with Gasteiger partial charge in [-0.3, -0.25) is 14.4 Å². The molecule has 12 nitrogen and oxygen atoms in total. The molecule has 0 aromatic heterocycles. The lowest BCUT2D eigenvalue weighted by molar-refractivity contribution is -0.302. The van der Waals surface area contributed by atoms with E-state index in [0.717, 1.165) is 12.8 Å². The summed E-state index contributed by atoms with van der Waals surface area (Å²) < 4.78 is 29.9. The van der Waals surface area contributed by atoms with Gasteiger partial charge in [-0.2, -0.15) is 0 Å². The highest BCUT2D eigenvalue weighted by Crippen LogP contribution is 2.39. The number of alkyl halides is 1. The van der Waals surface area contributed by atoms with Crippen LogP contribution in [0.1, 0.15) is 112 Å². The van der Waals surface area contributed by atoms with E-state index in [2.05, 4.69) is 6.92 Å². The van der Waals surface area contributed by atoms with E-state index in [1.54, 1.807) is 21.0 Å². The van der Waals surface area contributed by atoms with Crippen LogP contribution in [0, 0.1) is 29.6 Å². The minimum Gasteiger partial charge on any atom is -0.456 e. The van der Waals surface area contributed by atoms with Crippen molar-refractivity contribution in [2.45, 2.75) is 166 Å². The summed E-state index contributed by atoms with van der Waals surface area (Å²) in [6.45, 7) is 11.4. The summed E-state index contributed by atoms with van der Waals surface area (Å²) in [7, 11) is 4.72. The summed E-state index contributed by atoms with van der Waals surface area (Å²) in [5.41, 5.74) is 1.32. The lowest BCUT2D eigenvalue weighted by Gasteiger charge is -2.47. The Labute approximate surface area is 339 Å². The van der Waals surface area contributed by atoms with E-state index in [1.807, 2.05) is 32.9 Å². The molecule has 2 saturated heterocycles. The first kappa shape index (κ1) is 46.5. The van der Waals surface area contributed by atoms with Crippen LogP contribution < -0.4 is 0 Å². The van der Waals surface area contributed by atoms with E-state index in [9.17, 15) is 29.4 Å². The zero-order valence-electron chi connectivity index (χ0n) is 35.0. The van der Waals surface area contributed by atoms with Gasteiger partial charge in [0.2, 0.25) is 5.79 Å². The number of fused-ring (bicyclic) bond motifs is 3. The molecular weight excluding hydrogens is 742 g/mol. The number of hydrogen-bond donors (Lipinski definition) is 2. The van der Waals surface area contributed by atoms with Crippen molar-refractivity contribution in [3.63, 3.8) is 0 Å². The third-order valence-corrected chi connectivity index (χ3v) is 13.3. The molecule has 3 aliphatic heterocycles. The van der Waals surface area contributed by atoms with E-state index in [-0.39, 0.29) is 60.8 Å². The molecule has 14 atom stereocenters. The van der Waals surface area contributed by atoms with Crippen LogP contribution in [0.5, 0.6) is 0 Å². The van der Waals surface area contributed by atoms with Gasteiger partial charge in [0.15, 0.2) is 5.78 Å². The molecule has 56 heavy (non-hydrogen) atoms. The summed E-state index contributed by atoms with van der Waals surface area (Å²) in [5.74, 6) is -6.93. The average Bonchev–Trinajstić information content (AvgIpc) is 3.18. The highest BCUT2D eigenvalue weighted by atomic mass is 35.5. The van der Waals surface area contributed by atoms with E-state index < -0.39 is 71.8 Å². The van der Waals surface area contributed by atoms with Gasteiger partial charge in [0.05, 0.1) is 29.8 Å². The van der Waals surface area contributed by atoms with Gasteiger partial charge in [-0.25, -0.2) is 4.79 Å². The number of rotatable bonds is 6. The van der Waals surface area contributed by atoms with Gasteiger partial charge in [0.25, 0.3) is 11.7 Å². The molecule has 0 spiro atoms. The smallest absolute Gasteiger partial charge is 0.329 e. The molecule has 4 aliphatic rings. The maximum absolute atomic E-state index is 14.3. The van der Waals surface area contributed by atoms with Crippen molar-refractivity contribution >= 4 is 35.0 Å². The first-order chi connectivity index (χ1) is 26.5. The van der Waals surface area contributed by atoms with E-state index in [0.29, 0.717) is 49.7 Å². The van der Waals surface area contributed by atoms with Crippen LogP contribution >= 0.6 is 11.6 Å². The lowest BCUT2D eigenvalue weighted by atomic mass is 9.81. The highest BCUT2D eigenvalue weighted by Gasteiger charge is 2.56. The molecule has 0 radical (unpaired) electrons. The van der Waals surface area contributed by atoms with Crippen LogP contribution in [0.15, 0.2) is 23.3 Å². The van der Waals surface area contributed by atoms with Crippen LogP contribution in [0.2, 0.25) is 0 Å². The van der Waals surface area contributed by atoms with E-state index in [4.69, 9.17) is 35.3 Å². The van der Waals surface area contributed by atoms with Crippen LogP contribution in [0.25, 0.3) is 0 Å². The second-order valence-corrected chi connectivity index (χ2v) is 17.6. The van der Waals surface area contributed by atoms with Crippen LogP contribution in [0.3, 0.4) is 0 Å². The normalized spacial score (nSPS) is 40.6. The van der Waals surface area contributed by atoms with Gasteiger partial charge in [-0.05, 0) is 100 Å². The fourth-order valence-corrected chi connectivity index (χ4v) is 9.72. The molecule has 3 heterocycles. The molecule has 3 fully saturated rings. The maximum Gasteiger partial charge on any atom is 0.329 e. The number of amides is 1. The Balaban J connectivity index is 1.76. The number of halogens is 1. The molecule has 2 bridgehead atoms. The molecule has 13 heteroatoms. The number of methoxy groups -OCH3 is 3. The Bertz CT molecular complexity index is 1440. The van der Waals surface area contributed by atoms with Gasteiger partial charge >= 0.3 is 5.97 Å². The van der Waals surface area contributed by atoms with Crippen molar-refractivity contribution in [1.82, 2.24) is 4.90 Å². The molecule has 1 unspecified atom stereocenters. The second-order valence-electron chi connectivity index (χ2n) is 17.1. The van der Waals surface area contributed by atoms with Crippen molar-refractivity contribution < 1.29 is 53.1 Å². The number of carbonyl (C=O) groups is 4. The zero-order valence-corrected chi connectivity index (χ0v) is 35.8. The Morgan fingerprint density at radius 2 is 1.61 bits per heavy atom. The Morgan fingerprint density at radius 1 is 0.946 bits per heavy atom. The molecule has 318 valence electrons. The highest BCUT2D eigenvalue weighted by molar-refractivity contribution is 6.39. The molecule has 4 rings (SSSR count). The number of allylic oxidation sites excluding steroid dienone is 3. The third kappa shape index (κ3) is 10.9. The van der Waals surface area contributed by atoms with Crippen LogP contribution in [0.4, 0.5) is 0 Å². The standard InChI is InChI=1S/C43H68ClNO11/c1-10-30-18-24(2)17-25(3)19-36(53-8)39-37(54-9)21-27(5)43(51,56-39)40(48)41(49)45-16-12-11-13-32(45)42(50)55-38(28(6)33(46)23-34(30)47)26(4)20-29-14-15-31(44)35(22-29)52-7/h18,20,24-25,27-29,31-33,35-39,46,51H,10-17,19,21-23H2,1-9H3/t24?,25-,27+,28+,29-,31-,32-,33-,35+,36-,37-,38+,39+,43+/m0/s1. The predicted octanol–water partition coefficient (Wildman–Crippen LogP) is 5.72. The monoisotopic (exact) mass is 809 g/mol. The summed E-state index contributed by atoms with van der Waals surface area (Å²) >= 11 is 6.52. The number of cyclic esters (lactones) is 1. The zero-order chi connectivity index (χ0) is 41.5. The molecule has 0 aromatic carbocycles. The van der Waals surface area contributed by atoms with Crippen molar-refractivity contribution in [3.8, 4) is 0 Å². The average molecular weight is 810 g/mol. The minimum atomic E-state index is -2.49. The number of ether oxygens (including phenoxy) is 5. The van der Waals surface area contributed by atoms with Crippen molar-refractivity contribution in [1.29, 1.82) is 0 Å². The number of esters is 1. The SMILES string of the molecule is CCC1=CC(C)C[C@H](C)C[C@H](OC)[C@H]2O[C@@](O)(C(=O)C(=O)N3CCCC[C@H]3C(=O)O[C@H](C(C)=C[C@@H]3CC[C@H](Cl)[C@H](OC)C3)[C@H](C)[C@@H](O)CC1=O)[C@H](C)C[C@@H]2OC. The summed E-state index contributed by atoms with van der Waals surface area (Å²) in [4.78, 5) is 57.7. The molecular formula is C43H68ClNO11. The second kappa shape index (κ2) is 20.7. The van der Waals surface area contributed by atoms with Gasteiger partial charge in [-0.1, -0.05) is 46.8 Å². The predicted molar refractivity (Wildman–Crippen MR) is 212 cm³/mol. The van der Waals surface area contributed by atoms with Crippen molar-refractivity contribution in [2.75, 3.05) is 27.9 Å². The summed E-state index contributed by atoms with van der Waals surface area (Å²) in [5, 5.41) is 23.6. The number of nitrogens with zero attached hydrogens (tertiary/aromatic N) is 1. The number of aliphatic hydroxyl groups is 2. The van der Waals surface area contributed by atoms with Crippen LogP contribution in [-0.4, -0.2) is 120 Å². The summed E-state index contributed by atoms with van der Waals surface area (Å²) in [6.07, 6.45) is 5.14. The van der Waals surface area contributed by atoms with E-state index >= 15 is 0 Å². The van der Waals surface area contributed by atoms with Gasteiger partial charge in [-0.15, -0.1) is 11.6 Å². The van der Waals surface area contributed by atoms with Crippen molar-refractivity contribution in [2.24, 2.45) is 29.6 Å². The molecule has 1 saturated carbocycles. The van der Waals surface area contributed by atoms with Gasteiger partial charge in [0.1, 0.15) is 18.2 Å². The molecule has 2 N–H and O–H groups in total. The van der Waals surface area contributed by atoms with Crippen molar-refractivity contribution in [3.05, 3.63) is 23.3 Å². The summed E-state index contributed by atoms with van der Waals surface area (Å²) in [6, 6.07) is -1.12. The first-order valence-electron chi connectivity index (χ1n) is 20.8. The lowest BCUT2D eigenvalue weighted by Crippen LogP contribution is -2.64. The number of hydrogen-bond acceptors (Lipinski definition) is 11. The Morgan fingerprint density at radius 3 is 2.25 bits per heavy atom. The fraction of sp³-hybridized carbons (Fsp3) is 0.814. The van der Waals surface area contributed by atoms with Crippen LogP contribution in [-0.2, 0) is 42.9 Å². The van der Waals surface area contributed by atoms with Gasteiger partial charge < -0.3 is 38.8 Å². The van der Waals surface area contributed by atoms with E-state index in [1.165, 1.54) is 19.1 Å². The topological polar surface area (TPSA) is 158 Å². The number of ketones is 2. The number of aliphatic hydroxyl groups excluding tert-OH is 1. The molecule has 0 aromatic rings. The minimum absolute atomic E-state index is 0.00186. The Hall–Kier alpha value is -2.19. The maximum atomic E-state index is 14.3. The molecule has 1 amide bonds. The number of Topliss-reactive ketones (excluding diaryl/α,β-unsaturated/α-hetero) is 2. The Kier molecular flexibility index (Phi) is 17.2. The quantitative estimate of drug-likeness (QED) is 0.146.